The van der Waals surface area contributed by atoms with Crippen LogP contribution in [0.1, 0.15) is 13.8 Å². The lowest BCUT2D eigenvalue weighted by atomic mass is 10.2. The average molecular weight is 270 g/mol. The van der Waals surface area contributed by atoms with E-state index >= 15 is 0 Å². The summed E-state index contributed by atoms with van der Waals surface area (Å²) < 4.78 is 16.0. The summed E-state index contributed by atoms with van der Waals surface area (Å²) in [6.45, 7) is 5.23. The molecule has 3 heteroatoms. The van der Waals surface area contributed by atoms with Crippen molar-refractivity contribution in [1.29, 1.82) is 0 Å². The molecule has 1 nitrogen and oxygen atoms in total. The number of hydrogen-bond donors (Lipinski definition) is 0. The van der Waals surface area contributed by atoms with Gasteiger partial charge in [-0.2, -0.15) is 0 Å². The van der Waals surface area contributed by atoms with Crippen LogP contribution in [0.3, 0.4) is 0 Å². The molecule has 2 rings (SSSR count). The Morgan fingerprint density at radius 3 is 2.80 bits per heavy atom. The first kappa shape index (κ1) is 10.7. The van der Waals surface area contributed by atoms with Crippen molar-refractivity contribution in [2.45, 2.75) is 20.4 Å². The number of hydrogen-bond acceptors (Lipinski definition) is 0. The van der Waals surface area contributed by atoms with Crippen molar-refractivity contribution >= 4 is 26.8 Å². The zero-order valence-corrected chi connectivity index (χ0v) is 10.4. The Morgan fingerprint density at radius 1 is 1.40 bits per heavy atom. The number of halogens is 2. The van der Waals surface area contributed by atoms with Crippen molar-refractivity contribution in [2.75, 3.05) is 0 Å². The van der Waals surface area contributed by atoms with Crippen LogP contribution in [-0.4, -0.2) is 4.57 Å². The van der Waals surface area contributed by atoms with Crippen molar-refractivity contribution in [2.24, 2.45) is 5.92 Å². The molecule has 0 amide bonds. The van der Waals surface area contributed by atoms with Crippen LogP contribution in [-0.2, 0) is 6.54 Å². The first-order valence-corrected chi connectivity index (χ1v) is 5.81. The number of nitrogens with zero attached hydrogens (tertiary/aromatic N) is 1. The molecule has 1 heterocycles. The maximum Gasteiger partial charge on any atom is 0.139 e. The number of rotatable bonds is 2. The largest absolute Gasteiger partial charge is 0.347 e. The maximum atomic E-state index is 13.4. The minimum Gasteiger partial charge on any atom is -0.347 e. The molecule has 0 aliphatic heterocycles. The van der Waals surface area contributed by atoms with Gasteiger partial charge in [-0.1, -0.05) is 13.8 Å². The second-order valence-electron chi connectivity index (χ2n) is 4.19. The Hall–Kier alpha value is -0.830. The summed E-state index contributed by atoms with van der Waals surface area (Å²) in [5, 5.41) is 1.07. The van der Waals surface area contributed by atoms with Gasteiger partial charge < -0.3 is 4.57 Å². The van der Waals surface area contributed by atoms with Crippen LogP contribution < -0.4 is 0 Å². The van der Waals surface area contributed by atoms with Gasteiger partial charge in [0.05, 0.1) is 9.99 Å². The van der Waals surface area contributed by atoms with Crippen LogP contribution in [0.5, 0.6) is 0 Å². The topological polar surface area (TPSA) is 4.93 Å². The zero-order chi connectivity index (χ0) is 11.0. The van der Waals surface area contributed by atoms with Crippen LogP contribution >= 0.6 is 15.9 Å². The normalized spacial score (nSPS) is 11.5. The molecule has 0 N–H and O–H groups in total. The standard InChI is InChI=1S/C12H13BrFN/c1-8(2)7-15-4-3-9-5-10(13)11(14)6-12(9)15/h3-6,8H,7H2,1-2H3. The lowest BCUT2D eigenvalue weighted by molar-refractivity contribution is 0.534. The van der Waals surface area contributed by atoms with Gasteiger partial charge in [0.1, 0.15) is 5.82 Å². The van der Waals surface area contributed by atoms with Crippen molar-refractivity contribution in [1.82, 2.24) is 4.57 Å². The van der Waals surface area contributed by atoms with Gasteiger partial charge in [0, 0.05) is 18.1 Å². The molecule has 0 unspecified atom stereocenters. The van der Waals surface area contributed by atoms with Gasteiger partial charge in [0.15, 0.2) is 0 Å². The summed E-state index contributed by atoms with van der Waals surface area (Å²) in [6.07, 6.45) is 2.01. The van der Waals surface area contributed by atoms with Gasteiger partial charge in [-0.05, 0) is 40.0 Å². The van der Waals surface area contributed by atoms with Crippen molar-refractivity contribution in [3.05, 3.63) is 34.7 Å². The van der Waals surface area contributed by atoms with Crippen LogP contribution in [0.25, 0.3) is 10.9 Å². The highest BCUT2D eigenvalue weighted by Crippen LogP contribution is 2.24. The molecule has 0 aliphatic rings. The highest BCUT2D eigenvalue weighted by molar-refractivity contribution is 9.10. The lowest BCUT2D eigenvalue weighted by Gasteiger charge is -2.08. The first-order chi connectivity index (χ1) is 7.08. The van der Waals surface area contributed by atoms with Gasteiger partial charge in [-0.3, -0.25) is 0 Å². The average Bonchev–Trinajstić information content (AvgIpc) is 2.49. The van der Waals surface area contributed by atoms with Crippen molar-refractivity contribution in [3.8, 4) is 0 Å². The highest BCUT2D eigenvalue weighted by Gasteiger charge is 2.06. The van der Waals surface area contributed by atoms with Gasteiger partial charge in [0.25, 0.3) is 0 Å². The molecule has 0 fully saturated rings. The third-order valence-corrected chi connectivity index (χ3v) is 2.98. The third-order valence-electron chi connectivity index (χ3n) is 2.37. The molecule has 0 radical (unpaired) electrons. The minimum absolute atomic E-state index is 0.203. The van der Waals surface area contributed by atoms with Gasteiger partial charge in [0.2, 0.25) is 0 Å². The van der Waals surface area contributed by atoms with E-state index in [0.717, 1.165) is 17.4 Å². The number of fused-ring (bicyclic) bond motifs is 1. The van der Waals surface area contributed by atoms with Gasteiger partial charge in [-0.15, -0.1) is 0 Å². The van der Waals surface area contributed by atoms with E-state index in [1.807, 2.05) is 18.3 Å². The molecule has 0 bridgehead atoms. The van der Waals surface area contributed by atoms with Crippen LogP contribution in [0.4, 0.5) is 4.39 Å². The summed E-state index contributed by atoms with van der Waals surface area (Å²) in [4.78, 5) is 0. The summed E-state index contributed by atoms with van der Waals surface area (Å²) in [7, 11) is 0. The Bertz CT molecular complexity index is 488. The summed E-state index contributed by atoms with van der Waals surface area (Å²) >= 11 is 3.19. The molecular formula is C12H13BrFN. The molecule has 1 aromatic heterocycles. The van der Waals surface area contributed by atoms with E-state index in [-0.39, 0.29) is 5.82 Å². The minimum atomic E-state index is -0.203. The Morgan fingerprint density at radius 2 is 2.13 bits per heavy atom. The van der Waals surface area contributed by atoms with E-state index in [1.165, 1.54) is 0 Å². The molecule has 1 aromatic carbocycles. The van der Waals surface area contributed by atoms with E-state index in [9.17, 15) is 4.39 Å². The molecular weight excluding hydrogens is 257 g/mol. The van der Waals surface area contributed by atoms with Crippen molar-refractivity contribution in [3.63, 3.8) is 0 Å². The van der Waals surface area contributed by atoms with Crippen LogP contribution in [0, 0.1) is 11.7 Å². The lowest BCUT2D eigenvalue weighted by Crippen LogP contribution is -2.02. The molecule has 0 saturated heterocycles. The molecule has 15 heavy (non-hydrogen) atoms. The zero-order valence-electron chi connectivity index (χ0n) is 8.80. The fourth-order valence-corrected chi connectivity index (χ4v) is 2.10. The van der Waals surface area contributed by atoms with E-state index in [2.05, 4.69) is 34.3 Å². The molecule has 2 aromatic rings. The predicted molar refractivity (Wildman–Crippen MR) is 64.4 cm³/mol. The summed E-state index contributed by atoms with van der Waals surface area (Å²) in [5.41, 5.74) is 0.962. The molecule has 0 aliphatic carbocycles. The van der Waals surface area contributed by atoms with Crippen LogP contribution in [0.15, 0.2) is 28.9 Å². The Kier molecular flexibility index (Phi) is 2.83. The van der Waals surface area contributed by atoms with E-state index in [1.54, 1.807) is 6.07 Å². The fraction of sp³-hybridized carbons (Fsp3) is 0.333. The molecule has 0 spiro atoms. The Balaban J connectivity index is 2.54. The summed E-state index contributed by atoms with van der Waals surface area (Å²) in [5.74, 6) is 0.360. The summed E-state index contributed by atoms with van der Waals surface area (Å²) in [6, 6.07) is 5.42. The maximum absolute atomic E-state index is 13.4. The predicted octanol–water partition coefficient (Wildman–Crippen LogP) is 4.20. The number of aromatic nitrogens is 1. The monoisotopic (exact) mass is 269 g/mol. The van der Waals surface area contributed by atoms with Crippen molar-refractivity contribution < 1.29 is 4.39 Å². The third kappa shape index (κ3) is 2.07. The first-order valence-electron chi connectivity index (χ1n) is 5.02. The molecule has 80 valence electrons. The highest BCUT2D eigenvalue weighted by atomic mass is 79.9. The van der Waals surface area contributed by atoms with E-state index in [0.29, 0.717) is 10.4 Å². The van der Waals surface area contributed by atoms with Gasteiger partial charge in [-0.25, -0.2) is 4.39 Å². The van der Waals surface area contributed by atoms with Gasteiger partial charge >= 0.3 is 0 Å². The quantitative estimate of drug-likeness (QED) is 0.770. The molecule has 0 saturated carbocycles. The number of benzene rings is 1. The fourth-order valence-electron chi connectivity index (χ4n) is 1.74. The molecule has 0 atom stereocenters. The SMILES string of the molecule is CC(C)Cn1ccc2cc(Br)c(F)cc21. The second kappa shape index (κ2) is 3.97. The smallest absolute Gasteiger partial charge is 0.139 e. The van der Waals surface area contributed by atoms with E-state index in [4.69, 9.17) is 0 Å². The Labute approximate surface area is 97.0 Å². The second-order valence-corrected chi connectivity index (χ2v) is 5.04. The van der Waals surface area contributed by atoms with E-state index < -0.39 is 0 Å². The van der Waals surface area contributed by atoms with Crippen LogP contribution in [0.2, 0.25) is 0 Å².